The van der Waals surface area contributed by atoms with E-state index in [9.17, 15) is 9.59 Å². The van der Waals surface area contributed by atoms with Crippen LogP contribution in [0.3, 0.4) is 0 Å². The molecule has 1 rings (SSSR count). The fourth-order valence-electron chi connectivity index (χ4n) is 1.51. The first kappa shape index (κ1) is 14.0. The number of primary amides is 1. The second-order valence-corrected chi connectivity index (χ2v) is 4.19. The average Bonchev–Trinajstić information content (AvgIpc) is 2.37. The number of benzene rings is 1. The van der Waals surface area contributed by atoms with E-state index < -0.39 is 5.91 Å². The summed E-state index contributed by atoms with van der Waals surface area (Å²) in [5.41, 5.74) is 6.43. The molecule has 1 aromatic carbocycles. The van der Waals surface area contributed by atoms with Gasteiger partial charge in [0.25, 0.3) is 0 Å². The van der Waals surface area contributed by atoms with Crippen molar-refractivity contribution >= 4 is 17.6 Å². The largest absolute Gasteiger partial charge is 0.469 e. The Hall–Kier alpha value is -2.04. The molecule has 98 valence electrons. The van der Waals surface area contributed by atoms with Gasteiger partial charge in [0.05, 0.1) is 13.0 Å². The maximum Gasteiger partial charge on any atom is 0.310 e. The van der Waals surface area contributed by atoms with Gasteiger partial charge in [0.15, 0.2) is 0 Å². The monoisotopic (exact) mass is 250 g/mol. The lowest BCUT2D eigenvalue weighted by Crippen LogP contribution is -2.30. The van der Waals surface area contributed by atoms with Gasteiger partial charge in [-0.3, -0.25) is 9.59 Å². The van der Waals surface area contributed by atoms with Crippen molar-refractivity contribution in [3.63, 3.8) is 0 Å². The number of anilines is 1. The molecule has 3 N–H and O–H groups in total. The van der Waals surface area contributed by atoms with E-state index in [0.717, 1.165) is 5.69 Å². The summed E-state index contributed by atoms with van der Waals surface area (Å²) in [6.45, 7) is 3.69. The fraction of sp³-hybridized carbons (Fsp3) is 0.385. The molecule has 0 heterocycles. The average molecular weight is 250 g/mol. The molecule has 0 bridgehead atoms. The highest BCUT2D eigenvalue weighted by molar-refractivity contribution is 5.93. The van der Waals surface area contributed by atoms with E-state index >= 15 is 0 Å². The van der Waals surface area contributed by atoms with Crippen molar-refractivity contribution in [1.82, 2.24) is 0 Å². The second-order valence-electron chi connectivity index (χ2n) is 4.19. The minimum atomic E-state index is -0.461. The maximum absolute atomic E-state index is 11.4. The SMILES string of the molecule is COC(=O)C(C)C(C)Nc1ccc(C(N)=O)cc1. The Kier molecular flexibility index (Phi) is 4.71. The normalized spacial score (nSPS) is 13.5. The van der Waals surface area contributed by atoms with Gasteiger partial charge < -0.3 is 15.8 Å². The Morgan fingerprint density at radius 1 is 1.22 bits per heavy atom. The van der Waals surface area contributed by atoms with E-state index in [1.807, 2.05) is 6.92 Å². The zero-order valence-electron chi connectivity index (χ0n) is 10.8. The molecule has 1 amide bonds. The first-order valence-corrected chi connectivity index (χ1v) is 5.70. The molecule has 0 fully saturated rings. The number of rotatable bonds is 5. The number of carbonyl (C=O) groups is 2. The van der Waals surface area contributed by atoms with Gasteiger partial charge in [0.2, 0.25) is 5.91 Å². The summed E-state index contributed by atoms with van der Waals surface area (Å²) in [5.74, 6) is -0.980. The standard InChI is InChI=1S/C13H18N2O3/c1-8(13(17)18-3)9(2)15-11-6-4-10(5-7-11)12(14)16/h4-9,15H,1-3H3,(H2,14,16). The smallest absolute Gasteiger partial charge is 0.310 e. The number of amides is 1. The minimum Gasteiger partial charge on any atom is -0.469 e. The molecule has 0 aromatic heterocycles. The van der Waals surface area contributed by atoms with Gasteiger partial charge in [-0.25, -0.2) is 0 Å². The third kappa shape index (κ3) is 3.48. The molecule has 2 unspecified atom stereocenters. The van der Waals surface area contributed by atoms with Gasteiger partial charge in [0.1, 0.15) is 0 Å². The molecule has 2 atom stereocenters. The Bertz CT molecular complexity index is 428. The van der Waals surface area contributed by atoms with Crippen LogP contribution in [-0.4, -0.2) is 25.0 Å². The Morgan fingerprint density at radius 3 is 2.22 bits per heavy atom. The van der Waals surface area contributed by atoms with Gasteiger partial charge in [0, 0.05) is 17.3 Å². The fourth-order valence-corrected chi connectivity index (χ4v) is 1.51. The summed E-state index contributed by atoms with van der Waals surface area (Å²) in [6, 6.07) is 6.71. The molecular formula is C13H18N2O3. The quantitative estimate of drug-likeness (QED) is 0.774. The number of hydrogen-bond acceptors (Lipinski definition) is 4. The predicted molar refractivity (Wildman–Crippen MR) is 69.2 cm³/mol. The summed E-state index contributed by atoms with van der Waals surface area (Å²) >= 11 is 0. The van der Waals surface area contributed by atoms with Gasteiger partial charge in [-0.2, -0.15) is 0 Å². The molecule has 0 spiro atoms. The van der Waals surface area contributed by atoms with Crippen LogP contribution in [0.1, 0.15) is 24.2 Å². The molecular weight excluding hydrogens is 232 g/mol. The lowest BCUT2D eigenvalue weighted by molar-refractivity contribution is -0.145. The molecule has 5 nitrogen and oxygen atoms in total. The van der Waals surface area contributed by atoms with Crippen molar-refractivity contribution in [1.29, 1.82) is 0 Å². The van der Waals surface area contributed by atoms with Gasteiger partial charge in [-0.15, -0.1) is 0 Å². The predicted octanol–water partition coefficient (Wildman–Crippen LogP) is 1.39. The number of hydrogen-bond donors (Lipinski definition) is 2. The summed E-state index contributed by atoms with van der Waals surface area (Å²) in [6.07, 6.45) is 0. The van der Waals surface area contributed by atoms with Crippen LogP contribution in [0.4, 0.5) is 5.69 Å². The number of carbonyl (C=O) groups excluding carboxylic acids is 2. The Morgan fingerprint density at radius 2 is 1.78 bits per heavy atom. The highest BCUT2D eigenvalue weighted by atomic mass is 16.5. The van der Waals surface area contributed by atoms with E-state index in [0.29, 0.717) is 5.56 Å². The number of esters is 1. The lowest BCUT2D eigenvalue weighted by Gasteiger charge is -2.20. The lowest BCUT2D eigenvalue weighted by atomic mass is 10.0. The molecule has 0 aliphatic heterocycles. The molecule has 0 saturated carbocycles. The molecule has 18 heavy (non-hydrogen) atoms. The third-order valence-corrected chi connectivity index (χ3v) is 2.89. The van der Waals surface area contributed by atoms with Crippen LogP contribution >= 0.6 is 0 Å². The zero-order chi connectivity index (χ0) is 13.7. The highest BCUT2D eigenvalue weighted by Crippen LogP contribution is 2.14. The number of ether oxygens (including phenoxy) is 1. The van der Waals surface area contributed by atoms with Crippen LogP contribution in [0.5, 0.6) is 0 Å². The molecule has 0 aliphatic rings. The van der Waals surface area contributed by atoms with Crippen molar-refractivity contribution < 1.29 is 14.3 Å². The Balaban J connectivity index is 2.67. The van der Waals surface area contributed by atoms with Crippen LogP contribution < -0.4 is 11.1 Å². The minimum absolute atomic E-state index is 0.0723. The van der Waals surface area contributed by atoms with Gasteiger partial charge in [-0.1, -0.05) is 0 Å². The van der Waals surface area contributed by atoms with Crippen molar-refractivity contribution in [2.75, 3.05) is 12.4 Å². The highest BCUT2D eigenvalue weighted by Gasteiger charge is 2.20. The topological polar surface area (TPSA) is 81.4 Å². The zero-order valence-corrected chi connectivity index (χ0v) is 10.8. The van der Waals surface area contributed by atoms with Crippen molar-refractivity contribution in [3.8, 4) is 0 Å². The summed E-state index contributed by atoms with van der Waals surface area (Å²) in [4.78, 5) is 22.3. The van der Waals surface area contributed by atoms with E-state index in [2.05, 4.69) is 10.1 Å². The van der Waals surface area contributed by atoms with E-state index in [-0.39, 0.29) is 17.9 Å². The van der Waals surface area contributed by atoms with E-state index in [1.54, 1.807) is 31.2 Å². The number of nitrogens with two attached hydrogens (primary N) is 1. The van der Waals surface area contributed by atoms with E-state index in [1.165, 1.54) is 7.11 Å². The van der Waals surface area contributed by atoms with Crippen LogP contribution in [0.2, 0.25) is 0 Å². The van der Waals surface area contributed by atoms with Crippen LogP contribution in [0, 0.1) is 5.92 Å². The molecule has 5 heteroatoms. The molecule has 1 aromatic rings. The van der Waals surface area contributed by atoms with Crippen molar-refractivity contribution in [2.24, 2.45) is 11.7 Å². The van der Waals surface area contributed by atoms with Crippen molar-refractivity contribution in [3.05, 3.63) is 29.8 Å². The number of nitrogens with one attached hydrogen (secondary N) is 1. The first-order chi connectivity index (χ1) is 8.45. The second kappa shape index (κ2) is 6.05. The van der Waals surface area contributed by atoms with Gasteiger partial charge in [-0.05, 0) is 38.1 Å². The first-order valence-electron chi connectivity index (χ1n) is 5.70. The molecule has 0 saturated heterocycles. The number of methoxy groups -OCH3 is 1. The van der Waals surface area contributed by atoms with Crippen LogP contribution in [-0.2, 0) is 9.53 Å². The Labute approximate surface area is 106 Å². The summed E-state index contributed by atoms with van der Waals surface area (Å²) < 4.78 is 4.68. The summed E-state index contributed by atoms with van der Waals surface area (Å²) in [7, 11) is 1.37. The van der Waals surface area contributed by atoms with Crippen LogP contribution in [0.15, 0.2) is 24.3 Å². The molecule has 0 radical (unpaired) electrons. The van der Waals surface area contributed by atoms with E-state index in [4.69, 9.17) is 5.73 Å². The van der Waals surface area contributed by atoms with Crippen molar-refractivity contribution in [2.45, 2.75) is 19.9 Å². The third-order valence-electron chi connectivity index (χ3n) is 2.89. The molecule has 0 aliphatic carbocycles. The maximum atomic E-state index is 11.4. The van der Waals surface area contributed by atoms with Gasteiger partial charge >= 0.3 is 5.97 Å². The summed E-state index contributed by atoms with van der Waals surface area (Å²) in [5, 5.41) is 3.17. The van der Waals surface area contributed by atoms with Crippen LogP contribution in [0.25, 0.3) is 0 Å².